The largest absolute Gasteiger partial charge is 0.467 e. The molecule has 1 amide bonds. The first-order chi connectivity index (χ1) is 17.6. The zero-order chi connectivity index (χ0) is 24.9. The van der Waals surface area contributed by atoms with Gasteiger partial charge < -0.3 is 9.73 Å². The number of hydrogen-bond donors (Lipinski definition) is 1. The summed E-state index contributed by atoms with van der Waals surface area (Å²) in [5.41, 5.74) is 3.25. The smallest absolute Gasteiger partial charge is 0.262 e. The van der Waals surface area contributed by atoms with Gasteiger partial charge in [0.05, 0.1) is 23.7 Å². The summed E-state index contributed by atoms with van der Waals surface area (Å²) in [6.07, 6.45) is 5.11. The number of para-hydroxylation sites is 1. The van der Waals surface area contributed by atoms with Crippen LogP contribution in [0.25, 0.3) is 10.9 Å². The second kappa shape index (κ2) is 11.2. The summed E-state index contributed by atoms with van der Waals surface area (Å²) >= 11 is 1.62. The van der Waals surface area contributed by atoms with E-state index in [0.717, 1.165) is 47.9 Å². The van der Waals surface area contributed by atoms with Gasteiger partial charge in [0.15, 0.2) is 5.16 Å². The molecule has 2 aromatic carbocycles. The van der Waals surface area contributed by atoms with Crippen LogP contribution in [0.5, 0.6) is 0 Å². The molecule has 2 aromatic heterocycles. The number of hydrogen-bond acceptors (Lipinski definition) is 5. The second-order valence-electron chi connectivity index (χ2n) is 9.56. The van der Waals surface area contributed by atoms with Crippen LogP contribution in [0, 0.1) is 18.8 Å². The van der Waals surface area contributed by atoms with Crippen molar-refractivity contribution in [3.8, 4) is 0 Å². The molecule has 4 aromatic rings. The molecule has 0 atom stereocenters. The normalized spacial score (nSPS) is 17.8. The van der Waals surface area contributed by atoms with E-state index < -0.39 is 0 Å². The Bertz CT molecular complexity index is 1390. The maximum absolute atomic E-state index is 13.5. The Balaban J connectivity index is 1.28. The molecule has 2 heterocycles. The number of benzene rings is 2. The summed E-state index contributed by atoms with van der Waals surface area (Å²) in [4.78, 5) is 31.0. The Morgan fingerprint density at radius 3 is 2.61 bits per heavy atom. The van der Waals surface area contributed by atoms with Crippen molar-refractivity contribution in [2.45, 2.75) is 56.6 Å². The molecule has 1 saturated carbocycles. The molecular formula is C29H31N3O3S. The number of aryl methyl sites for hydroxylation is 1. The van der Waals surface area contributed by atoms with Gasteiger partial charge in [-0.05, 0) is 73.9 Å². The minimum Gasteiger partial charge on any atom is -0.467 e. The molecule has 0 unspecified atom stereocenters. The van der Waals surface area contributed by atoms with Crippen LogP contribution >= 0.6 is 11.8 Å². The van der Waals surface area contributed by atoms with E-state index in [1.165, 1.54) is 11.1 Å². The van der Waals surface area contributed by atoms with Crippen LogP contribution in [0.15, 0.2) is 81.3 Å². The number of nitrogens with zero attached hydrogens (tertiary/aromatic N) is 2. The second-order valence-corrected chi connectivity index (χ2v) is 10.5. The molecule has 186 valence electrons. The van der Waals surface area contributed by atoms with Gasteiger partial charge in [-0.1, -0.05) is 48.2 Å². The maximum Gasteiger partial charge on any atom is 0.262 e. The number of carbonyl (C=O) groups is 1. The number of furan rings is 1. The third kappa shape index (κ3) is 5.57. The lowest BCUT2D eigenvalue weighted by Gasteiger charge is -2.28. The van der Waals surface area contributed by atoms with E-state index in [9.17, 15) is 9.59 Å². The molecule has 0 radical (unpaired) electrons. The number of nitrogens with one attached hydrogen (secondary N) is 1. The molecule has 0 spiro atoms. The van der Waals surface area contributed by atoms with Crippen molar-refractivity contribution < 1.29 is 9.21 Å². The minimum atomic E-state index is 0.0116. The summed E-state index contributed by atoms with van der Waals surface area (Å²) in [5, 5.41) is 4.41. The minimum absolute atomic E-state index is 0.0116. The summed E-state index contributed by atoms with van der Waals surface area (Å²) in [7, 11) is 0. The average Bonchev–Trinajstić information content (AvgIpc) is 3.43. The first-order valence-corrected chi connectivity index (χ1v) is 13.5. The fourth-order valence-electron chi connectivity index (χ4n) is 4.93. The van der Waals surface area contributed by atoms with Crippen LogP contribution in [0.4, 0.5) is 0 Å². The standard InChI is InChI=1S/C29H31N3O3S/c1-20-7-2-3-8-23(20)19-36-29-31-26-11-5-4-10-25(26)28(34)32(29)18-21-12-14-22(15-13-21)27(33)30-17-24-9-6-16-35-24/h2-11,16,21-22H,12-15,17-19H2,1H3,(H,30,33). The van der Waals surface area contributed by atoms with Gasteiger partial charge in [-0.15, -0.1) is 0 Å². The van der Waals surface area contributed by atoms with Crippen LogP contribution in [0.3, 0.4) is 0 Å². The van der Waals surface area contributed by atoms with Crippen LogP contribution in [0.2, 0.25) is 0 Å². The number of rotatable bonds is 8. The first-order valence-electron chi connectivity index (χ1n) is 12.6. The Morgan fingerprint density at radius 1 is 1.06 bits per heavy atom. The molecule has 1 N–H and O–H groups in total. The van der Waals surface area contributed by atoms with Crippen LogP contribution < -0.4 is 10.9 Å². The zero-order valence-electron chi connectivity index (χ0n) is 20.5. The van der Waals surface area contributed by atoms with E-state index in [4.69, 9.17) is 9.40 Å². The molecule has 5 rings (SSSR count). The van der Waals surface area contributed by atoms with Gasteiger partial charge in [-0.2, -0.15) is 0 Å². The zero-order valence-corrected chi connectivity index (χ0v) is 21.3. The van der Waals surface area contributed by atoms with E-state index in [1.807, 2.05) is 53.1 Å². The van der Waals surface area contributed by atoms with Gasteiger partial charge >= 0.3 is 0 Å². The van der Waals surface area contributed by atoms with Crippen molar-refractivity contribution in [3.63, 3.8) is 0 Å². The van der Waals surface area contributed by atoms with Crippen molar-refractivity contribution in [2.75, 3.05) is 0 Å². The van der Waals surface area contributed by atoms with Gasteiger partial charge in [-0.25, -0.2) is 4.98 Å². The van der Waals surface area contributed by atoms with Crippen molar-refractivity contribution in [2.24, 2.45) is 11.8 Å². The van der Waals surface area contributed by atoms with Gasteiger partial charge in [0.25, 0.3) is 5.56 Å². The fraction of sp³-hybridized carbons (Fsp3) is 0.345. The van der Waals surface area contributed by atoms with E-state index in [2.05, 4.69) is 24.4 Å². The molecule has 1 aliphatic rings. The molecule has 6 nitrogen and oxygen atoms in total. The molecule has 1 aliphatic carbocycles. The highest BCUT2D eigenvalue weighted by atomic mass is 32.2. The summed E-state index contributed by atoms with van der Waals surface area (Å²) in [6.45, 7) is 3.17. The van der Waals surface area contributed by atoms with E-state index >= 15 is 0 Å². The van der Waals surface area contributed by atoms with Gasteiger partial charge in [0.1, 0.15) is 5.76 Å². The molecular weight excluding hydrogens is 470 g/mol. The third-order valence-corrected chi connectivity index (χ3v) is 8.15. The topological polar surface area (TPSA) is 77.1 Å². The molecule has 0 bridgehead atoms. The lowest BCUT2D eigenvalue weighted by Crippen LogP contribution is -2.34. The summed E-state index contributed by atoms with van der Waals surface area (Å²) < 4.78 is 7.18. The lowest BCUT2D eigenvalue weighted by molar-refractivity contribution is -0.126. The van der Waals surface area contributed by atoms with Crippen LogP contribution in [-0.4, -0.2) is 15.5 Å². The number of fused-ring (bicyclic) bond motifs is 1. The average molecular weight is 502 g/mol. The molecule has 1 fully saturated rings. The Hall–Kier alpha value is -3.32. The third-order valence-electron chi connectivity index (χ3n) is 7.12. The highest BCUT2D eigenvalue weighted by Crippen LogP contribution is 2.31. The van der Waals surface area contributed by atoms with Gasteiger partial charge in [0.2, 0.25) is 5.91 Å². The fourth-order valence-corrected chi connectivity index (χ4v) is 6.02. The monoisotopic (exact) mass is 501 g/mol. The summed E-state index contributed by atoms with van der Waals surface area (Å²) in [6, 6.07) is 19.6. The van der Waals surface area contributed by atoms with Crippen LogP contribution in [-0.2, 0) is 23.6 Å². The Labute approximate surface area is 215 Å². The maximum atomic E-state index is 13.5. The molecule has 0 aliphatic heterocycles. The van der Waals surface area contributed by atoms with Crippen molar-refractivity contribution in [1.82, 2.24) is 14.9 Å². The highest BCUT2D eigenvalue weighted by molar-refractivity contribution is 7.98. The van der Waals surface area contributed by atoms with E-state index in [-0.39, 0.29) is 17.4 Å². The highest BCUT2D eigenvalue weighted by Gasteiger charge is 2.27. The number of aromatic nitrogens is 2. The molecule has 36 heavy (non-hydrogen) atoms. The molecule has 0 saturated heterocycles. The first kappa shape index (κ1) is 24.4. The van der Waals surface area contributed by atoms with Crippen molar-refractivity contribution in [3.05, 3.63) is 94.2 Å². The Morgan fingerprint density at radius 2 is 1.83 bits per heavy atom. The van der Waals surface area contributed by atoms with Crippen molar-refractivity contribution >= 4 is 28.6 Å². The van der Waals surface area contributed by atoms with Crippen molar-refractivity contribution in [1.29, 1.82) is 0 Å². The van der Waals surface area contributed by atoms with Crippen LogP contribution in [0.1, 0.15) is 42.6 Å². The number of amides is 1. The molecule has 7 heteroatoms. The van der Waals surface area contributed by atoms with Gasteiger partial charge in [0, 0.05) is 18.2 Å². The quantitative estimate of drug-likeness (QED) is 0.247. The predicted octanol–water partition coefficient (Wildman–Crippen LogP) is 5.71. The number of thioether (sulfide) groups is 1. The number of carbonyl (C=O) groups excluding carboxylic acids is 1. The SMILES string of the molecule is Cc1ccccc1CSc1nc2ccccc2c(=O)n1CC1CCC(C(=O)NCc2ccco2)CC1. The van der Waals surface area contributed by atoms with E-state index in [1.54, 1.807) is 18.0 Å². The summed E-state index contributed by atoms with van der Waals surface area (Å²) in [5.74, 6) is 1.97. The Kier molecular flexibility index (Phi) is 7.56. The lowest BCUT2D eigenvalue weighted by atomic mass is 9.81. The predicted molar refractivity (Wildman–Crippen MR) is 143 cm³/mol. The van der Waals surface area contributed by atoms with E-state index in [0.29, 0.717) is 24.4 Å². The van der Waals surface area contributed by atoms with Gasteiger partial charge in [-0.3, -0.25) is 14.2 Å².